The van der Waals surface area contributed by atoms with Gasteiger partial charge in [-0.1, -0.05) is 17.7 Å². The molecule has 2 aromatic carbocycles. The zero-order valence-corrected chi connectivity index (χ0v) is 20.4. The van der Waals surface area contributed by atoms with Crippen LogP contribution in [-0.4, -0.2) is 45.1 Å². The third-order valence-electron chi connectivity index (χ3n) is 5.54. The minimum absolute atomic E-state index is 0.158. The Morgan fingerprint density at radius 3 is 2.40 bits per heavy atom. The largest absolute Gasteiger partial charge is 0.444 e. The van der Waals surface area contributed by atoms with E-state index < -0.39 is 11.7 Å². The van der Waals surface area contributed by atoms with Crippen LogP contribution in [0.2, 0.25) is 0 Å². The van der Waals surface area contributed by atoms with E-state index in [9.17, 15) is 14.0 Å². The Bertz CT molecular complexity index is 1210. The van der Waals surface area contributed by atoms with Gasteiger partial charge in [-0.2, -0.15) is 0 Å². The molecule has 0 unspecified atom stereocenters. The van der Waals surface area contributed by atoms with Crippen molar-refractivity contribution in [3.8, 4) is 11.3 Å². The first kappa shape index (κ1) is 24.3. The first-order valence-electron chi connectivity index (χ1n) is 11.5. The molecular formula is C26H30FN5O3. The molecule has 8 nitrogen and oxygen atoms in total. The smallest absolute Gasteiger partial charge is 0.408 e. The maximum Gasteiger partial charge on any atom is 0.408 e. The highest BCUT2D eigenvalue weighted by Gasteiger charge is 2.27. The maximum absolute atomic E-state index is 13.6. The number of fused-ring (bicyclic) bond motifs is 1. The fourth-order valence-electron chi connectivity index (χ4n) is 3.83. The van der Waals surface area contributed by atoms with Crippen molar-refractivity contribution in [2.75, 3.05) is 18.4 Å². The summed E-state index contributed by atoms with van der Waals surface area (Å²) in [6.45, 7) is 8.43. The van der Waals surface area contributed by atoms with E-state index in [1.165, 1.54) is 12.1 Å². The van der Waals surface area contributed by atoms with Crippen LogP contribution in [0, 0.1) is 12.7 Å². The lowest BCUT2D eigenvalue weighted by molar-refractivity contribution is -0.131. The molecule has 2 N–H and O–H groups in total. The number of aryl methyl sites for hydroxylation is 1. The summed E-state index contributed by atoms with van der Waals surface area (Å²) >= 11 is 0. The van der Waals surface area contributed by atoms with Crippen LogP contribution in [0.25, 0.3) is 11.3 Å². The molecule has 0 fully saturated rings. The van der Waals surface area contributed by atoms with Crippen LogP contribution >= 0.6 is 0 Å². The molecule has 0 aliphatic carbocycles. The predicted molar refractivity (Wildman–Crippen MR) is 132 cm³/mol. The van der Waals surface area contributed by atoms with E-state index in [1.54, 1.807) is 37.8 Å². The number of alkyl carbamates (subject to hydrolysis) is 1. The Balaban J connectivity index is 1.55. The van der Waals surface area contributed by atoms with Crippen molar-refractivity contribution in [1.29, 1.82) is 0 Å². The standard InChI is InChI=1S/C26H30FN5O3/c1-17-5-11-20(12-6-17)29-24-23(18-7-9-19(27)10-8-18)30-21-16-31(13-14-32(21)24)22(33)15-28-25(34)35-26(2,3)4/h5-12,29H,13-16H2,1-4H3,(H,28,34). The van der Waals surface area contributed by atoms with Crippen molar-refractivity contribution in [2.45, 2.75) is 46.4 Å². The van der Waals surface area contributed by atoms with Crippen molar-refractivity contribution in [3.05, 3.63) is 65.7 Å². The zero-order valence-electron chi connectivity index (χ0n) is 20.4. The summed E-state index contributed by atoms with van der Waals surface area (Å²) in [5.41, 5.74) is 2.87. The second kappa shape index (κ2) is 9.77. The van der Waals surface area contributed by atoms with Gasteiger partial charge in [0.2, 0.25) is 5.91 Å². The predicted octanol–water partition coefficient (Wildman–Crippen LogP) is 4.61. The molecule has 1 aromatic heterocycles. The monoisotopic (exact) mass is 479 g/mol. The quantitative estimate of drug-likeness (QED) is 0.558. The van der Waals surface area contributed by atoms with Crippen LogP contribution < -0.4 is 10.6 Å². The summed E-state index contributed by atoms with van der Waals surface area (Å²) in [5, 5.41) is 5.97. The number of halogens is 1. The van der Waals surface area contributed by atoms with E-state index >= 15 is 0 Å². The fraction of sp³-hybridized carbons (Fsp3) is 0.346. The van der Waals surface area contributed by atoms with Crippen molar-refractivity contribution in [1.82, 2.24) is 19.8 Å². The van der Waals surface area contributed by atoms with Gasteiger partial charge < -0.3 is 24.8 Å². The highest BCUT2D eigenvalue weighted by molar-refractivity contribution is 5.83. The molecule has 2 heterocycles. The lowest BCUT2D eigenvalue weighted by atomic mass is 10.1. The Kier molecular flexibility index (Phi) is 6.77. The van der Waals surface area contributed by atoms with Crippen molar-refractivity contribution in [2.24, 2.45) is 0 Å². The van der Waals surface area contributed by atoms with Gasteiger partial charge >= 0.3 is 6.09 Å². The summed E-state index contributed by atoms with van der Waals surface area (Å²) in [6, 6.07) is 14.2. The molecule has 0 saturated carbocycles. The molecule has 1 aliphatic rings. The SMILES string of the molecule is Cc1ccc(Nc2c(-c3ccc(F)cc3)nc3n2CCN(C(=O)CNC(=O)OC(C)(C)C)C3)cc1. The molecule has 0 radical (unpaired) electrons. The number of benzene rings is 2. The number of hydrogen-bond acceptors (Lipinski definition) is 5. The van der Waals surface area contributed by atoms with Gasteiger partial charge in [0.1, 0.15) is 35.3 Å². The number of rotatable bonds is 5. The Morgan fingerprint density at radius 2 is 1.74 bits per heavy atom. The average Bonchev–Trinajstić information content (AvgIpc) is 3.16. The highest BCUT2D eigenvalue weighted by Crippen LogP contribution is 2.33. The van der Waals surface area contributed by atoms with Gasteiger partial charge in [0.05, 0.1) is 6.54 Å². The van der Waals surface area contributed by atoms with E-state index in [2.05, 4.69) is 10.6 Å². The molecule has 9 heteroatoms. The fourth-order valence-corrected chi connectivity index (χ4v) is 3.83. The number of hydrogen-bond donors (Lipinski definition) is 2. The summed E-state index contributed by atoms with van der Waals surface area (Å²) in [7, 11) is 0. The molecule has 2 amide bonds. The number of carbonyl (C=O) groups is 2. The third kappa shape index (κ3) is 5.98. The Morgan fingerprint density at radius 1 is 1.06 bits per heavy atom. The topological polar surface area (TPSA) is 88.5 Å². The molecule has 3 aromatic rings. The van der Waals surface area contributed by atoms with Crippen LogP contribution in [-0.2, 0) is 22.6 Å². The summed E-state index contributed by atoms with van der Waals surface area (Å²) < 4.78 is 20.8. The Hall–Kier alpha value is -3.88. The first-order valence-corrected chi connectivity index (χ1v) is 11.5. The maximum atomic E-state index is 13.6. The van der Waals surface area contributed by atoms with E-state index in [1.807, 2.05) is 35.8 Å². The molecule has 35 heavy (non-hydrogen) atoms. The molecule has 0 saturated heterocycles. The number of amides is 2. The van der Waals surface area contributed by atoms with E-state index in [0.717, 1.165) is 22.6 Å². The molecule has 4 rings (SSSR count). The van der Waals surface area contributed by atoms with Crippen LogP contribution in [0.5, 0.6) is 0 Å². The molecule has 184 valence electrons. The van der Waals surface area contributed by atoms with Crippen LogP contribution in [0.3, 0.4) is 0 Å². The number of nitrogens with zero attached hydrogens (tertiary/aromatic N) is 3. The van der Waals surface area contributed by atoms with Crippen LogP contribution in [0.4, 0.5) is 20.7 Å². The molecule has 1 aliphatic heterocycles. The van der Waals surface area contributed by atoms with Gasteiger partial charge in [-0.25, -0.2) is 14.2 Å². The normalized spacial score (nSPS) is 13.2. The van der Waals surface area contributed by atoms with Crippen molar-refractivity contribution < 1.29 is 18.7 Å². The van der Waals surface area contributed by atoms with Gasteiger partial charge in [0.15, 0.2) is 0 Å². The Labute approximate surface area is 204 Å². The summed E-state index contributed by atoms with van der Waals surface area (Å²) in [5.74, 6) is 0.951. The van der Waals surface area contributed by atoms with Crippen molar-refractivity contribution >= 4 is 23.5 Å². The molecular weight excluding hydrogens is 449 g/mol. The summed E-state index contributed by atoms with van der Waals surface area (Å²) in [4.78, 5) is 31.1. The number of carbonyl (C=O) groups excluding carboxylic acids is 2. The lowest BCUT2D eigenvalue weighted by Gasteiger charge is -2.29. The highest BCUT2D eigenvalue weighted by atomic mass is 19.1. The second-order valence-electron chi connectivity index (χ2n) is 9.55. The molecule has 0 spiro atoms. The summed E-state index contributed by atoms with van der Waals surface area (Å²) in [6.07, 6.45) is -0.632. The van der Waals surface area contributed by atoms with Gasteiger partial charge in [-0.15, -0.1) is 0 Å². The van der Waals surface area contributed by atoms with Crippen LogP contribution in [0.1, 0.15) is 32.2 Å². The molecule has 0 bridgehead atoms. The third-order valence-corrected chi connectivity index (χ3v) is 5.54. The minimum Gasteiger partial charge on any atom is -0.444 e. The molecule has 0 atom stereocenters. The number of anilines is 2. The minimum atomic E-state index is -0.638. The van der Waals surface area contributed by atoms with Crippen molar-refractivity contribution in [3.63, 3.8) is 0 Å². The zero-order chi connectivity index (χ0) is 25.2. The van der Waals surface area contributed by atoms with Gasteiger partial charge in [0, 0.05) is 24.3 Å². The van der Waals surface area contributed by atoms with E-state index in [0.29, 0.717) is 31.2 Å². The number of nitrogens with one attached hydrogen (secondary N) is 2. The average molecular weight is 480 g/mol. The van der Waals surface area contributed by atoms with Crippen LogP contribution in [0.15, 0.2) is 48.5 Å². The van der Waals surface area contributed by atoms with E-state index in [-0.39, 0.29) is 18.3 Å². The number of imidazole rings is 1. The number of aromatic nitrogens is 2. The van der Waals surface area contributed by atoms with Gasteiger partial charge in [-0.05, 0) is 64.1 Å². The number of ether oxygens (including phenoxy) is 1. The first-order chi connectivity index (χ1) is 16.6. The second-order valence-corrected chi connectivity index (χ2v) is 9.55. The lowest BCUT2D eigenvalue weighted by Crippen LogP contribution is -2.44. The van der Waals surface area contributed by atoms with Gasteiger partial charge in [0.25, 0.3) is 0 Å². The van der Waals surface area contributed by atoms with E-state index in [4.69, 9.17) is 9.72 Å². The van der Waals surface area contributed by atoms with Gasteiger partial charge in [-0.3, -0.25) is 4.79 Å².